The van der Waals surface area contributed by atoms with Crippen LogP contribution in [-0.4, -0.2) is 24.2 Å². The molecule has 0 fully saturated rings. The Morgan fingerprint density at radius 3 is 3.00 bits per heavy atom. The number of halogens is 1. The van der Waals surface area contributed by atoms with E-state index in [1.54, 1.807) is 6.20 Å². The average Bonchev–Trinajstić information content (AvgIpc) is 2.17. The second-order valence-corrected chi connectivity index (χ2v) is 3.95. The highest BCUT2D eigenvalue weighted by atomic mass is 35.5. The van der Waals surface area contributed by atoms with Crippen molar-refractivity contribution in [2.45, 2.75) is 26.4 Å². The molecule has 0 aliphatic rings. The minimum absolute atomic E-state index is 0.306. The zero-order valence-electron chi connectivity index (χ0n) is 9.16. The van der Waals surface area contributed by atoms with Crippen LogP contribution in [0.2, 0.25) is 5.15 Å². The van der Waals surface area contributed by atoms with Gasteiger partial charge in [-0.05, 0) is 32.4 Å². The van der Waals surface area contributed by atoms with E-state index in [4.69, 9.17) is 16.3 Å². The Labute approximate surface area is 95.8 Å². The molecule has 84 valence electrons. The first-order valence-electron chi connectivity index (χ1n) is 5.15. The van der Waals surface area contributed by atoms with E-state index in [0.29, 0.717) is 11.3 Å². The number of nitrogens with one attached hydrogen (secondary N) is 1. The average molecular weight is 229 g/mol. The second-order valence-electron chi connectivity index (χ2n) is 3.57. The molecule has 0 amide bonds. The van der Waals surface area contributed by atoms with Crippen LogP contribution in [0.3, 0.4) is 0 Å². The van der Waals surface area contributed by atoms with E-state index in [9.17, 15) is 0 Å². The van der Waals surface area contributed by atoms with Gasteiger partial charge in [0.05, 0.1) is 6.10 Å². The van der Waals surface area contributed by atoms with E-state index in [0.717, 1.165) is 25.3 Å². The van der Waals surface area contributed by atoms with Crippen LogP contribution in [0.25, 0.3) is 0 Å². The fourth-order valence-corrected chi connectivity index (χ4v) is 1.31. The Kier molecular flexibility index (Phi) is 5.43. The lowest BCUT2D eigenvalue weighted by Gasteiger charge is -2.08. The topological polar surface area (TPSA) is 34.1 Å². The van der Waals surface area contributed by atoms with Gasteiger partial charge < -0.3 is 10.1 Å². The minimum Gasteiger partial charge on any atom is -0.385 e. The smallest absolute Gasteiger partial charge is 0.131 e. The van der Waals surface area contributed by atoms with E-state index in [-0.39, 0.29) is 0 Å². The molecule has 0 bridgehead atoms. The largest absolute Gasteiger partial charge is 0.385 e. The fraction of sp³-hybridized carbons (Fsp3) is 0.545. The molecule has 0 spiro atoms. The van der Waals surface area contributed by atoms with Crippen molar-refractivity contribution in [1.82, 2.24) is 4.98 Å². The Hall–Kier alpha value is -0.800. The quantitative estimate of drug-likeness (QED) is 0.601. The van der Waals surface area contributed by atoms with Gasteiger partial charge in [0.1, 0.15) is 5.15 Å². The minimum atomic E-state index is 0.306. The predicted octanol–water partition coefficient (Wildman–Crippen LogP) is 2.96. The Bertz CT molecular complexity index is 292. The third-order valence-electron chi connectivity index (χ3n) is 1.83. The summed E-state index contributed by atoms with van der Waals surface area (Å²) in [7, 11) is 0. The van der Waals surface area contributed by atoms with Crippen molar-refractivity contribution in [2.75, 3.05) is 18.5 Å². The number of anilines is 1. The molecule has 1 aromatic rings. The number of aromatic nitrogens is 1. The SMILES string of the molecule is CC(C)OCCCNc1ccnc(Cl)c1. The van der Waals surface area contributed by atoms with Crippen LogP contribution in [0.15, 0.2) is 18.3 Å². The summed E-state index contributed by atoms with van der Waals surface area (Å²) in [6.07, 6.45) is 2.98. The summed E-state index contributed by atoms with van der Waals surface area (Å²) in [5.74, 6) is 0. The second kappa shape index (κ2) is 6.64. The first kappa shape index (κ1) is 12.3. The summed E-state index contributed by atoms with van der Waals surface area (Å²) in [5, 5.41) is 3.77. The predicted molar refractivity (Wildman–Crippen MR) is 63.4 cm³/mol. The van der Waals surface area contributed by atoms with Gasteiger partial charge in [0.2, 0.25) is 0 Å². The zero-order chi connectivity index (χ0) is 11.1. The maximum atomic E-state index is 5.75. The van der Waals surface area contributed by atoms with Crippen molar-refractivity contribution < 1.29 is 4.74 Å². The lowest BCUT2D eigenvalue weighted by molar-refractivity contribution is 0.0787. The van der Waals surface area contributed by atoms with Gasteiger partial charge in [0, 0.05) is 25.0 Å². The highest BCUT2D eigenvalue weighted by Gasteiger charge is 1.95. The Morgan fingerprint density at radius 2 is 2.33 bits per heavy atom. The number of rotatable bonds is 6. The molecule has 1 aromatic heterocycles. The molecule has 1 heterocycles. The van der Waals surface area contributed by atoms with E-state index in [1.165, 1.54) is 0 Å². The van der Waals surface area contributed by atoms with Gasteiger partial charge >= 0.3 is 0 Å². The molecule has 3 nitrogen and oxygen atoms in total. The molecule has 0 saturated carbocycles. The molecule has 0 unspecified atom stereocenters. The summed E-state index contributed by atoms with van der Waals surface area (Å²) in [5.41, 5.74) is 1.000. The third-order valence-corrected chi connectivity index (χ3v) is 2.03. The lowest BCUT2D eigenvalue weighted by atomic mass is 10.3. The van der Waals surface area contributed by atoms with Crippen molar-refractivity contribution in [1.29, 1.82) is 0 Å². The number of ether oxygens (including phenoxy) is 1. The van der Waals surface area contributed by atoms with Crippen LogP contribution in [0.5, 0.6) is 0 Å². The number of hydrogen-bond acceptors (Lipinski definition) is 3. The zero-order valence-corrected chi connectivity index (χ0v) is 9.92. The number of hydrogen-bond donors (Lipinski definition) is 1. The van der Waals surface area contributed by atoms with Gasteiger partial charge in [-0.25, -0.2) is 4.98 Å². The van der Waals surface area contributed by atoms with Gasteiger partial charge in [-0.3, -0.25) is 0 Å². The first-order chi connectivity index (χ1) is 7.18. The van der Waals surface area contributed by atoms with Crippen molar-refractivity contribution in [3.8, 4) is 0 Å². The van der Waals surface area contributed by atoms with E-state index >= 15 is 0 Å². The first-order valence-corrected chi connectivity index (χ1v) is 5.53. The van der Waals surface area contributed by atoms with Gasteiger partial charge in [-0.2, -0.15) is 0 Å². The van der Waals surface area contributed by atoms with Crippen molar-refractivity contribution in [2.24, 2.45) is 0 Å². The maximum absolute atomic E-state index is 5.75. The fourth-order valence-electron chi connectivity index (χ4n) is 1.14. The molecule has 0 saturated heterocycles. The lowest BCUT2D eigenvalue weighted by Crippen LogP contribution is -2.09. The van der Waals surface area contributed by atoms with Gasteiger partial charge in [-0.1, -0.05) is 11.6 Å². The van der Waals surface area contributed by atoms with E-state index < -0.39 is 0 Å². The van der Waals surface area contributed by atoms with Crippen LogP contribution >= 0.6 is 11.6 Å². The van der Waals surface area contributed by atoms with Crippen LogP contribution < -0.4 is 5.32 Å². The summed E-state index contributed by atoms with van der Waals surface area (Å²) in [6.45, 7) is 5.74. The van der Waals surface area contributed by atoms with E-state index in [1.807, 2.05) is 26.0 Å². The normalized spacial score (nSPS) is 10.7. The number of pyridine rings is 1. The molecule has 4 heteroatoms. The Morgan fingerprint density at radius 1 is 1.53 bits per heavy atom. The van der Waals surface area contributed by atoms with Gasteiger partial charge in [0.25, 0.3) is 0 Å². The highest BCUT2D eigenvalue weighted by Crippen LogP contribution is 2.11. The molecule has 0 aliphatic heterocycles. The van der Waals surface area contributed by atoms with Crippen molar-refractivity contribution in [3.63, 3.8) is 0 Å². The summed E-state index contributed by atoms with van der Waals surface area (Å²) in [6, 6.07) is 3.71. The van der Waals surface area contributed by atoms with Crippen molar-refractivity contribution >= 4 is 17.3 Å². The van der Waals surface area contributed by atoms with Gasteiger partial charge in [0.15, 0.2) is 0 Å². The highest BCUT2D eigenvalue weighted by molar-refractivity contribution is 6.29. The molecular weight excluding hydrogens is 212 g/mol. The van der Waals surface area contributed by atoms with Crippen molar-refractivity contribution in [3.05, 3.63) is 23.5 Å². The standard InChI is InChI=1S/C11H17ClN2O/c1-9(2)15-7-3-5-13-10-4-6-14-11(12)8-10/h4,6,8-9H,3,5,7H2,1-2H3,(H,13,14). The Balaban J connectivity index is 2.15. The summed E-state index contributed by atoms with van der Waals surface area (Å²) >= 11 is 5.75. The molecule has 1 N–H and O–H groups in total. The van der Waals surface area contributed by atoms with Crippen LogP contribution in [0, 0.1) is 0 Å². The maximum Gasteiger partial charge on any atom is 0.131 e. The van der Waals surface area contributed by atoms with Crippen LogP contribution in [-0.2, 0) is 4.74 Å². The molecule has 0 aliphatic carbocycles. The van der Waals surface area contributed by atoms with Crippen LogP contribution in [0.4, 0.5) is 5.69 Å². The molecule has 0 radical (unpaired) electrons. The molecule has 0 aromatic carbocycles. The van der Waals surface area contributed by atoms with Crippen LogP contribution in [0.1, 0.15) is 20.3 Å². The van der Waals surface area contributed by atoms with Gasteiger partial charge in [-0.15, -0.1) is 0 Å². The number of nitrogens with zero attached hydrogens (tertiary/aromatic N) is 1. The molecule has 1 rings (SSSR count). The third kappa shape index (κ3) is 5.60. The molecular formula is C11H17ClN2O. The molecule has 0 atom stereocenters. The summed E-state index contributed by atoms with van der Waals surface area (Å²) in [4.78, 5) is 3.91. The monoisotopic (exact) mass is 228 g/mol. The summed E-state index contributed by atoms with van der Waals surface area (Å²) < 4.78 is 5.43. The van der Waals surface area contributed by atoms with E-state index in [2.05, 4.69) is 10.3 Å². The molecule has 15 heavy (non-hydrogen) atoms.